The van der Waals surface area contributed by atoms with Crippen LogP contribution in [0.1, 0.15) is 53.7 Å². The van der Waals surface area contributed by atoms with Gasteiger partial charge in [-0.25, -0.2) is 4.98 Å². The number of piperidine rings is 1. The number of methoxy groups -OCH3 is 1. The first-order chi connectivity index (χ1) is 13.7. The van der Waals surface area contributed by atoms with Crippen LogP contribution in [0.5, 0.6) is 5.75 Å². The van der Waals surface area contributed by atoms with Crippen LogP contribution in [0.2, 0.25) is 0 Å². The van der Waals surface area contributed by atoms with Gasteiger partial charge >= 0.3 is 0 Å². The monoisotopic (exact) mass is 376 g/mol. The quantitative estimate of drug-likeness (QED) is 0.695. The smallest absolute Gasteiger partial charge is 0.254 e. The predicted molar refractivity (Wildman–Crippen MR) is 107 cm³/mol. The maximum atomic E-state index is 13.4. The number of carbonyl (C=O) groups is 1. The Hall–Kier alpha value is -2.89. The lowest BCUT2D eigenvalue weighted by molar-refractivity contribution is 0.0696. The highest BCUT2D eigenvalue weighted by Crippen LogP contribution is 2.40. The van der Waals surface area contributed by atoms with E-state index in [0.717, 1.165) is 53.8 Å². The first kappa shape index (κ1) is 17.2. The van der Waals surface area contributed by atoms with Gasteiger partial charge in [-0.1, -0.05) is 0 Å². The fraction of sp³-hybridized carbons (Fsp3) is 0.409. The molecule has 1 saturated carbocycles. The molecule has 28 heavy (non-hydrogen) atoms. The summed E-state index contributed by atoms with van der Waals surface area (Å²) in [6, 6.07) is 8.25. The minimum absolute atomic E-state index is 0.103. The lowest BCUT2D eigenvalue weighted by Gasteiger charge is -2.33. The SMILES string of the molecule is COc1ccc2nc(C3CC3)cc(C(=O)N3CCC(n4ccnc4)CC3)c2c1. The number of amides is 1. The number of aromatic nitrogens is 3. The van der Waals surface area contributed by atoms with Crippen LogP contribution >= 0.6 is 0 Å². The molecule has 2 aliphatic rings. The van der Waals surface area contributed by atoms with E-state index in [4.69, 9.17) is 9.72 Å². The van der Waals surface area contributed by atoms with Crippen LogP contribution in [0.15, 0.2) is 43.0 Å². The third-order valence-corrected chi connectivity index (χ3v) is 5.96. The van der Waals surface area contributed by atoms with Crippen LogP contribution in [0, 0.1) is 0 Å². The van der Waals surface area contributed by atoms with E-state index in [1.807, 2.05) is 47.9 Å². The second-order valence-corrected chi connectivity index (χ2v) is 7.79. The van der Waals surface area contributed by atoms with E-state index in [2.05, 4.69) is 9.55 Å². The first-order valence-corrected chi connectivity index (χ1v) is 9.98. The molecule has 6 nitrogen and oxygen atoms in total. The molecule has 3 aromatic rings. The van der Waals surface area contributed by atoms with Gasteiger partial charge in [-0.05, 0) is 49.9 Å². The molecule has 1 aromatic carbocycles. The minimum atomic E-state index is 0.103. The van der Waals surface area contributed by atoms with Gasteiger partial charge in [0.1, 0.15) is 5.75 Å². The molecule has 0 N–H and O–H groups in total. The van der Waals surface area contributed by atoms with Gasteiger partial charge in [-0.2, -0.15) is 0 Å². The molecule has 1 amide bonds. The fourth-order valence-electron chi connectivity index (χ4n) is 4.14. The second-order valence-electron chi connectivity index (χ2n) is 7.79. The average Bonchev–Trinajstić information content (AvgIpc) is 3.46. The number of imidazole rings is 1. The van der Waals surface area contributed by atoms with Crippen LogP contribution in [0.3, 0.4) is 0 Å². The van der Waals surface area contributed by atoms with Crippen molar-refractivity contribution in [3.05, 3.63) is 54.2 Å². The second kappa shape index (κ2) is 6.93. The minimum Gasteiger partial charge on any atom is -0.497 e. The summed E-state index contributed by atoms with van der Waals surface area (Å²) in [5.41, 5.74) is 2.68. The molecule has 1 aliphatic carbocycles. The molecule has 0 unspecified atom stereocenters. The first-order valence-electron chi connectivity index (χ1n) is 9.98. The van der Waals surface area contributed by atoms with Gasteiger partial charge in [0, 0.05) is 48.5 Å². The van der Waals surface area contributed by atoms with Gasteiger partial charge in [-0.3, -0.25) is 9.78 Å². The standard InChI is InChI=1S/C22H24N4O2/c1-28-17-4-5-20-18(12-17)19(13-21(24-20)15-2-3-15)22(27)25-9-6-16(7-10-25)26-11-8-23-14-26/h4-5,8,11-16H,2-3,6-7,9-10H2,1H3. The third-order valence-electron chi connectivity index (χ3n) is 5.96. The maximum Gasteiger partial charge on any atom is 0.254 e. The highest BCUT2D eigenvalue weighted by molar-refractivity contribution is 6.06. The maximum absolute atomic E-state index is 13.4. The number of carbonyl (C=O) groups excluding carboxylic acids is 1. The molecule has 3 heterocycles. The molecule has 0 spiro atoms. The highest BCUT2D eigenvalue weighted by atomic mass is 16.5. The number of rotatable bonds is 4. The van der Waals surface area contributed by atoms with Crippen LogP contribution < -0.4 is 4.74 Å². The largest absolute Gasteiger partial charge is 0.497 e. The van der Waals surface area contributed by atoms with Crippen molar-refractivity contribution in [2.24, 2.45) is 0 Å². The van der Waals surface area contributed by atoms with Gasteiger partial charge < -0.3 is 14.2 Å². The van der Waals surface area contributed by atoms with Crippen molar-refractivity contribution in [3.8, 4) is 5.75 Å². The molecule has 2 fully saturated rings. The lowest BCUT2D eigenvalue weighted by Crippen LogP contribution is -2.39. The van der Waals surface area contributed by atoms with Crippen molar-refractivity contribution in [2.75, 3.05) is 20.2 Å². The molecule has 1 saturated heterocycles. The number of nitrogens with zero attached hydrogens (tertiary/aromatic N) is 4. The Bertz CT molecular complexity index is 1000. The van der Waals surface area contributed by atoms with Crippen molar-refractivity contribution < 1.29 is 9.53 Å². The van der Waals surface area contributed by atoms with Crippen LogP contribution in [-0.2, 0) is 0 Å². The molecule has 144 valence electrons. The molecular formula is C22H24N4O2. The van der Waals surface area contributed by atoms with Crippen molar-refractivity contribution in [2.45, 2.75) is 37.6 Å². The summed E-state index contributed by atoms with van der Waals surface area (Å²) < 4.78 is 7.54. The fourth-order valence-corrected chi connectivity index (χ4v) is 4.14. The number of pyridine rings is 1. The molecule has 5 rings (SSSR count). The van der Waals surface area contributed by atoms with E-state index in [1.54, 1.807) is 7.11 Å². The normalized spacial score (nSPS) is 17.8. The molecule has 0 atom stereocenters. The average molecular weight is 376 g/mol. The Balaban J connectivity index is 1.45. The van der Waals surface area contributed by atoms with Gasteiger partial charge in [0.2, 0.25) is 0 Å². The zero-order valence-corrected chi connectivity index (χ0v) is 16.0. The number of hydrogen-bond acceptors (Lipinski definition) is 4. The zero-order valence-electron chi connectivity index (χ0n) is 16.0. The van der Waals surface area contributed by atoms with E-state index in [1.165, 1.54) is 12.8 Å². The zero-order chi connectivity index (χ0) is 19.1. The molecular weight excluding hydrogens is 352 g/mol. The Morgan fingerprint density at radius 3 is 2.64 bits per heavy atom. The molecule has 1 aliphatic heterocycles. The number of hydrogen-bond donors (Lipinski definition) is 0. The summed E-state index contributed by atoms with van der Waals surface area (Å²) in [5.74, 6) is 1.36. The molecule has 2 aromatic heterocycles. The Kier molecular flexibility index (Phi) is 4.26. The van der Waals surface area contributed by atoms with Gasteiger partial charge in [0.05, 0.1) is 24.5 Å². The highest BCUT2D eigenvalue weighted by Gasteiger charge is 2.29. The van der Waals surface area contributed by atoms with Crippen LogP contribution in [0.4, 0.5) is 0 Å². The van der Waals surface area contributed by atoms with Crippen molar-refractivity contribution in [1.29, 1.82) is 0 Å². The van der Waals surface area contributed by atoms with Crippen molar-refractivity contribution in [1.82, 2.24) is 19.4 Å². The molecule has 6 heteroatoms. The van der Waals surface area contributed by atoms with E-state index in [0.29, 0.717) is 12.0 Å². The Labute approximate surface area is 164 Å². The van der Waals surface area contributed by atoms with E-state index < -0.39 is 0 Å². The van der Waals surface area contributed by atoms with E-state index >= 15 is 0 Å². The summed E-state index contributed by atoms with van der Waals surface area (Å²) in [5, 5.41) is 0.880. The summed E-state index contributed by atoms with van der Waals surface area (Å²) in [6.45, 7) is 1.52. The van der Waals surface area contributed by atoms with E-state index in [9.17, 15) is 4.79 Å². The topological polar surface area (TPSA) is 60.2 Å². The number of likely N-dealkylation sites (tertiary alicyclic amines) is 1. The Morgan fingerprint density at radius 1 is 1.14 bits per heavy atom. The molecule has 0 bridgehead atoms. The number of ether oxygens (including phenoxy) is 1. The predicted octanol–water partition coefficient (Wildman–Crippen LogP) is 3.79. The van der Waals surface area contributed by atoms with Crippen molar-refractivity contribution in [3.63, 3.8) is 0 Å². The number of fused-ring (bicyclic) bond motifs is 1. The van der Waals surface area contributed by atoms with Crippen molar-refractivity contribution >= 4 is 16.8 Å². The van der Waals surface area contributed by atoms with Gasteiger partial charge in [0.15, 0.2) is 0 Å². The van der Waals surface area contributed by atoms with E-state index in [-0.39, 0.29) is 5.91 Å². The number of benzene rings is 1. The molecule has 0 radical (unpaired) electrons. The van der Waals surface area contributed by atoms with Gasteiger partial charge in [-0.15, -0.1) is 0 Å². The summed E-state index contributed by atoms with van der Waals surface area (Å²) >= 11 is 0. The Morgan fingerprint density at radius 2 is 1.96 bits per heavy atom. The summed E-state index contributed by atoms with van der Waals surface area (Å²) in [7, 11) is 1.65. The lowest BCUT2D eigenvalue weighted by atomic mass is 10.0. The summed E-state index contributed by atoms with van der Waals surface area (Å²) in [4.78, 5) is 24.4. The van der Waals surface area contributed by atoms with Crippen LogP contribution in [-0.4, -0.2) is 45.5 Å². The van der Waals surface area contributed by atoms with Gasteiger partial charge in [0.25, 0.3) is 5.91 Å². The summed E-state index contributed by atoms with van der Waals surface area (Å²) in [6.07, 6.45) is 9.91. The van der Waals surface area contributed by atoms with Crippen LogP contribution in [0.25, 0.3) is 10.9 Å². The third kappa shape index (κ3) is 3.13.